The van der Waals surface area contributed by atoms with Crippen LogP contribution in [0.15, 0.2) is 24.3 Å². The van der Waals surface area contributed by atoms with E-state index in [2.05, 4.69) is 24.1 Å². The van der Waals surface area contributed by atoms with E-state index in [9.17, 15) is 4.79 Å². The Morgan fingerprint density at radius 3 is 2.90 bits per heavy atom. The molecule has 0 aromatic heterocycles. The summed E-state index contributed by atoms with van der Waals surface area (Å²) in [6.07, 6.45) is 2.55. The maximum atomic E-state index is 12.1. The fraction of sp³-hybridized carbons (Fsp3) is 0.471. The molecular formula is C17H23NO3. The molecule has 0 atom stereocenters. The topological polar surface area (TPSA) is 58.6 Å². The minimum atomic E-state index is -0.150. The van der Waals surface area contributed by atoms with Crippen LogP contribution in [0.1, 0.15) is 42.1 Å². The van der Waals surface area contributed by atoms with E-state index in [1.54, 1.807) is 12.1 Å². The molecule has 0 radical (unpaired) electrons. The van der Waals surface area contributed by atoms with Crippen LogP contribution in [-0.2, 0) is 4.74 Å². The van der Waals surface area contributed by atoms with E-state index in [1.807, 2.05) is 12.1 Å². The van der Waals surface area contributed by atoms with Crippen molar-refractivity contribution in [2.75, 3.05) is 26.4 Å². The lowest BCUT2D eigenvalue weighted by Crippen LogP contribution is -2.28. The molecule has 1 amide bonds. The van der Waals surface area contributed by atoms with Gasteiger partial charge in [0, 0.05) is 25.1 Å². The van der Waals surface area contributed by atoms with Crippen LogP contribution in [0, 0.1) is 11.8 Å². The van der Waals surface area contributed by atoms with Crippen LogP contribution >= 0.6 is 0 Å². The molecule has 4 nitrogen and oxygen atoms in total. The van der Waals surface area contributed by atoms with Gasteiger partial charge in [-0.25, -0.2) is 0 Å². The number of carbonyl (C=O) groups is 1. The van der Waals surface area contributed by atoms with Crippen molar-refractivity contribution >= 4 is 5.91 Å². The molecule has 4 heteroatoms. The second kappa shape index (κ2) is 10.9. The summed E-state index contributed by atoms with van der Waals surface area (Å²) in [6.45, 7) is 3.87. The summed E-state index contributed by atoms with van der Waals surface area (Å²) in [5.41, 5.74) is 1.23. The Labute approximate surface area is 126 Å². The number of rotatable bonds is 8. The monoisotopic (exact) mass is 289 g/mol. The molecule has 1 aromatic rings. The molecule has 1 rings (SSSR count). The highest BCUT2D eigenvalue weighted by atomic mass is 16.5. The second-order valence-corrected chi connectivity index (χ2v) is 4.54. The van der Waals surface area contributed by atoms with Crippen LogP contribution in [0.25, 0.3) is 0 Å². The molecule has 1 aromatic carbocycles. The fourth-order valence-electron chi connectivity index (χ4n) is 1.68. The number of aliphatic hydroxyl groups is 1. The highest BCUT2D eigenvalue weighted by molar-refractivity contribution is 5.96. The molecule has 0 spiro atoms. The van der Waals surface area contributed by atoms with Crippen molar-refractivity contribution < 1.29 is 14.6 Å². The molecule has 0 fully saturated rings. The third-order valence-electron chi connectivity index (χ3n) is 2.81. The van der Waals surface area contributed by atoms with E-state index in [0.717, 1.165) is 19.4 Å². The predicted molar refractivity (Wildman–Crippen MR) is 83.1 cm³/mol. The Morgan fingerprint density at radius 2 is 2.14 bits per heavy atom. The number of hydrogen-bond donors (Lipinski definition) is 2. The standard InChI is InChI=1S/C17H23NO3/c1-2-3-13-21-14-11-18-17(20)16-10-5-4-8-15(16)9-6-7-12-19/h4-5,8,10,19H,2-3,7,11-14H2,1H3,(H,18,20). The Balaban J connectivity index is 2.48. The van der Waals surface area contributed by atoms with Crippen molar-refractivity contribution in [2.24, 2.45) is 0 Å². The van der Waals surface area contributed by atoms with Gasteiger partial charge >= 0.3 is 0 Å². The lowest BCUT2D eigenvalue weighted by molar-refractivity contribution is 0.0912. The first-order valence-corrected chi connectivity index (χ1v) is 7.34. The Bertz CT molecular complexity index is 488. The van der Waals surface area contributed by atoms with Crippen molar-refractivity contribution in [1.82, 2.24) is 5.32 Å². The Morgan fingerprint density at radius 1 is 1.33 bits per heavy atom. The van der Waals surface area contributed by atoms with Gasteiger partial charge in [-0.3, -0.25) is 4.79 Å². The first-order valence-electron chi connectivity index (χ1n) is 7.34. The number of unbranched alkanes of at least 4 members (excludes halogenated alkanes) is 1. The average molecular weight is 289 g/mol. The SMILES string of the molecule is CCCCOCCNC(=O)c1ccccc1C#CCCO. The number of hydrogen-bond acceptors (Lipinski definition) is 3. The van der Waals surface area contributed by atoms with Crippen molar-refractivity contribution in [3.05, 3.63) is 35.4 Å². The molecule has 0 saturated heterocycles. The molecule has 0 aliphatic heterocycles. The van der Waals surface area contributed by atoms with Crippen LogP contribution in [-0.4, -0.2) is 37.4 Å². The van der Waals surface area contributed by atoms with E-state index in [1.165, 1.54) is 0 Å². The van der Waals surface area contributed by atoms with Crippen molar-refractivity contribution in [3.63, 3.8) is 0 Å². The summed E-state index contributed by atoms with van der Waals surface area (Å²) in [5.74, 6) is 5.59. The molecule has 0 unspecified atom stereocenters. The first kappa shape index (κ1) is 17.2. The van der Waals surface area contributed by atoms with Gasteiger partial charge in [0.1, 0.15) is 0 Å². The average Bonchev–Trinajstić information content (AvgIpc) is 2.51. The van der Waals surface area contributed by atoms with Gasteiger partial charge in [-0.05, 0) is 18.6 Å². The van der Waals surface area contributed by atoms with Gasteiger partial charge in [0.05, 0.1) is 18.8 Å². The van der Waals surface area contributed by atoms with Crippen LogP contribution in [0.4, 0.5) is 0 Å². The predicted octanol–water partition coefficient (Wildman–Crippen LogP) is 1.97. The van der Waals surface area contributed by atoms with Crippen molar-refractivity contribution in [1.29, 1.82) is 0 Å². The maximum Gasteiger partial charge on any atom is 0.252 e. The van der Waals surface area contributed by atoms with Crippen LogP contribution in [0.5, 0.6) is 0 Å². The van der Waals surface area contributed by atoms with Gasteiger partial charge in [-0.15, -0.1) is 0 Å². The van der Waals surface area contributed by atoms with E-state index in [0.29, 0.717) is 30.7 Å². The van der Waals surface area contributed by atoms with Gasteiger partial charge in [0.2, 0.25) is 0 Å². The fourth-order valence-corrected chi connectivity index (χ4v) is 1.68. The Hall–Kier alpha value is -1.83. The maximum absolute atomic E-state index is 12.1. The normalized spacial score (nSPS) is 9.81. The van der Waals surface area contributed by atoms with E-state index in [4.69, 9.17) is 9.84 Å². The van der Waals surface area contributed by atoms with Crippen molar-refractivity contribution in [3.8, 4) is 11.8 Å². The molecule has 0 aliphatic rings. The summed E-state index contributed by atoms with van der Waals surface area (Å²) in [4.78, 5) is 12.1. The zero-order chi connectivity index (χ0) is 15.3. The summed E-state index contributed by atoms with van der Waals surface area (Å²) in [7, 11) is 0. The lowest BCUT2D eigenvalue weighted by atomic mass is 10.1. The molecule has 2 N–H and O–H groups in total. The minimum absolute atomic E-state index is 0.0243. The van der Waals surface area contributed by atoms with Crippen LogP contribution in [0.3, 0.4) is 0 Å². The molecule has 0 heterocycles. The highest BCUT2D eigenvalue weighted by Gasteiger charge is 2.08. The minimum Gasteiger partial charge on any atom is -0.395 e. The largest absolute Gasteiger partial charge is 0.395 e. The van der Waals surface area contributed by atoms with Gasteiger partial charge < -0.3 is 15.2 Å². The summed E-state index contributed by atoms with van der Waals surface area (Å²) in [5, 5.41) is 11.6. The Kier molecular flexibility index (Phi) is 8.94. The second-order valence-electron chi connectivity index (χ2n) is 4.54. The van der Waals surface area contributed by atoms with E-state index in [-0.39, 0.29) is 12.5 Å². The van der Waals surface area contributed by atoms with E-state index < -0.39 is 0 Å². The van der Waals surface area contributed by atoms with Crippen LogP contribution in [0.2, 0.25) is 0 Å². The van der Waals surface area contributed by atoms with E-state index >= 15 is 0 Å². The third kappa shape index (κ3) is 6.94. The van der Waals surface area contributed by atoms with Gasteiger partial charge in [0.15, 0.2) is 0 Å². The molecule has 0 saturated carbocycles. The molecule has 114 valence electrons. The quantitative estimate of drug-likeness (QED) is 0.568. The van der Waals surface area contributed by atoms with Crippen molar-refractivity contribution in [2.45, 2.75) is 26.2 Å². The zero-order valence-corrected chi connectivity index (χ0v) is 12.5. The molecule has 21 heavy (non-hydrogen) atoms. The first-order chi connectivity index (χ1) is 10.3. The molecular weight excluding hydrogens is 266 g/mol. The molecule has 0 bridgehead atoms. The third-order valence-corrected chi connectivity index (χ3v) is 2.81. The van der Waals surface area contributed by atoms with Gasteiger partial charge in [0.25, 0.3) is 5.91 Å². The highest BCUT2D eigenvalue weighted by Crippen LogP contribution is 2.07. The number of amides is 1. The zero-order valence-electron chi connectivity index (χ0n) is 12.5. The van der Waals surface area contributed by atoms with Crippen LogP contribution < -0.4 is 5.32 Å². The molecule has 0 aliphatic carbocycles. The number of aliphatic hydroxyl groups excluding tert-OH is 1. The number of nitrogens with one attached hydrogen (secondary N) is 1. The lowest BCUT2D eigenvalue weighted by Gasteiger charge is -2.07. The van der Waals surface area contributed by atoms with Gasteiger partial charge in [-0.2, -0.15) is 0 Å². The number of carbonyl (C=O) groups excluding carboxylic acids is 1. The number of benzene rings is 1. The summed E-state index contributed by atoms with van der Waals surface area (Å²) in [6, 6.07) is 7.20. The van der Waals surface area contributed by atoms with Gasteiger partial charge in [-0.1, -0.05) is 37.3 Å². The summed E-state index contributed by atoms with van der Waals surface area (Å²) >= 11 is 0. The smallest absolute Gasteiger partial charge is 0.252 e. The summed E-state index contributed by atoms with van der Waals surface area (Å²) < 4.78 is 5.40. The number of ether oxygens (including phenoxy) is 1.